The highest BCUT2D eigenvalue weighted by atomic mass is 19.3. The predicted octanol–water partition coefficient (Wildman–Crippen LogP) is 4.42. The number of terminal acetylenes is 1. The standard InChI is InChI=1S/C20H17F2NO3/c1-3-12-26-18-13-15(9-8-14(18)2)10-11-20(21,22)23-17-7-5-4-6-16(17)19(24)25/h1,4-11,13,23H,12H2,2H3,(H,24,25)/b11-10+. The van der Waals surface area contributed by atoms with Crippen LogP contribution in [0.3, 0.4) is 0 Å². The van der Waals surface area contributed by atoms with Gasteiger partial charge in [-0.25, -0.2) is 4.79 Å². The number of benzene rings is 2. The molecule has 2 N–H and O–H groups in total. The lowest BCUT2D eigenvalue weighted by Gasteiger charge is -2.17. The van der Waals surface area contributed by atoms with Crippen LogP contribution in [-0.2, 0) is 0 Å². The SMILES string of the molecule is C#CCOc1cc(/C=C/C(F)(F)Nc2ccccc2C(=O)O)ccc1C. The topological polar surface area (TPSA) is 58.6 Å². The lowest BCUT2D eigenvalue weighted by Crippen LogP contribution is -2.25. The summed E-state index contributed by atoms with van der Waals surface area (Å²) in [5, 5.41) is 11.0. The first-order valence-corrected chi connectivity index (χ1v) is 7.67. The van der Waals surface area contributed by atoms with Crippen molar-refractivity contribution in [2.45, 2.75) is 13.0 Å². The van der Waals surface area contributed by atoms with Gasteiger partial charge in [0.15, 0.2) is 0 Å². The summed E-state index contributed by atoms with van der Waals surface area (Å²) in [6, 6.07) is 7.02. The van der Waals surface area contributed by atoms with Crippen molar-refractivity contribution in [1.82, 2.24) is 0 Å². The summed E-state index contributed by atoms with van der Waals surface area (Å²) in [6.07, 6.45) is 7.02. The van der Waals surface area contributed by atoms with Gasteiger partial charge in [0.2, 0.25) is 0 Å². The summed E-state index contributed by atoms with van der Waals surface area (Å²) in [5.74, 6) is 1.56. The summed E-state index contributed by atoms with van der Waals surface area (Å²) in [6.45, 7) is 1.90. The zero-order valence-electron chi connectivity index (χ0n) is 14.0. The van der Waals surface area contributed by atoms with E-state index >= 15 is 0 Å². The lowest BCUT2D eigenvalue weighted by molar-refractivity contribution is 0.0695. The van der Waals surface area contributed by atoms with Gasteiger partial charge in [0.25, 0.3) is 0 Å². The Bertz CT molecular complexity index is 870. The Hall–Kier alpha value is -3.33. The highest BCUT2D eigenvalue weighted by molar-refractivity contribution is 5.94. The molecule has 6 heteroatoms. The van der Waals surface area contributed by atoms with Gasteiger partial charge in [-0.2, -0.15) is 8.78 Å². The van der Waals surface area contributed by atoms with Gasteiger partial charge in [-0.3, -0.25) is 0 Å². The summed E-state index contributed by atoms with van der Waals surface area (Å²) in [7, 11) is 0. The molecule has 0 unspecified atom stereocenters. The van der Waals surface area contributed by atoms with Crippen LogP contribution in [0.15, 0.2) is 48.5 Å². The molecule has 134 valence electrons. The molecule has 2 rings (SSSR count). The van der Waals surface area contributed by atoms with Crippen molar-refractivity contribution >= 4 is 17.7 Å². The fourth-order valence-corrected chi connectivity index (χ4v) is 2.20. The number of hydrogen-bond donors (Lipinski definition) is 2. The molecule has 0 atom stereocenters. The Morgan fingerprint density at radius 2 is 2.08 bits per heavy atom. The van der Waals surface area contributed by atoms with Crippen molar-refractivity contribution < 1.29 is 23.4 Å². The molecule has 0 aliphatic carbocycles. The number of anilines is 1. The molecule has 0 aromatic heterocycles. The second-order valence-electron chi connectivity index (χ2n) is 5.45. The van der Waals surface area contributed by atoms with Gasteiger partial charge in [0.05, 0.1) is 11.3 Å². The molecular formula is C20H17F2NO3. The third kappa shape index (κ3) is 5.08. The van der Waals surface area contributed by atoms with Gasteiger partial charge >= 0.3 is 12.0 Å². The monoisotopic (exact) mass is 357 g/mol. The zero-order chi connectivity index (χ0) is 19.2. The molecule has 0 saturated carbocycles. The van der Waals surface area contributed by atoms with Crippen LogP contribution in [0, 0.1) is 19.3 Å². The smallest absolute Gasteiger partial charge is 0.343 e. The first-order valence-electron chi connectivity index (χ1n) is 7.67. The van der Waals surface area contributed by atoms with Gasteiger partial charge < -0.3 is 15.2 Å². The number of nitrogens with one attached hydrogen (secondary N) is 1. The molecule has 26 heavy (non-hydrogen) atoms. The minimum absolute atomic E-state index is 0.0810. The average Bonchev–Trinajstić information content (AvgIpc) is 2.60. The molecule has 4 nitrogen and oxygen atoms in total. The van der Waals surface area contributed by atoms with E-state index in [9.17, 15) is 13.6 Å². The summed E-state index contributed by atoms with van der Waals surface area (Å²) < 4.78 is 33.7. The first kappa shape index (κ1) is 19.0. The van der Waals surface area contributed by atoms with Crippen LogP contribution in [0.4, 0.5) is 14.5 Å². The van der Waals surface area contributed by atoms with E-state index in [0.717, 1.165) is 5.56 Å². The summed E-state index contributed by atoms with van der Waals surface area (Å²) in [5.41, 5.74) is 0.922. The Morgan fingerprint density at radius 3 is 2.77 bits per heavy atom. The summed E-state index contributed by atoms with van der Waals surface area (Å²) >= 11 is 0. The number of para-hydroxylation sites is 1. The number of halogens is 2. The molecule has 0 bridgehead atoms. The molecule has 0 radical (unpaired) electrons. The molecule has 2 aromatic carbocycles. The van der Waals surface area contributed by atoms with Crippen LogP contribution in [0.5, 0.6) is 5.75 Å². The molecule has 0 fully saturated rings. The summed E-state index contributed by atoms with van der Waals surface area (Å²) in [4.78, 5) is 11.1. The number of alkyl halides is 2. The van der Waals surface area contributed by atoms with Gasteiger partial charge in [0, 0.05) is 6.08 Å². The van der Waals surface area contributed by atoms with Gasteiger partial charge in [-0.05, 0) is 36.2 Å². The maximum absolute atomic E-state index is 14.2. The molecule has 0 heterocycles. The van der Waals surface area contributed by atoms with Crippen LogP contribution < -0.4 is 10.1 Å². The van der Waals surface area contributed by atoms with Crippen molar-refractivity contribution in [3.63, 3.8) is 0 Å². The largest absolute Gasteiger partial charge is 0.481 e. The number of ether oxygens (including phenoxy) is 1. The Morgan fingerprint density at radius 1 is 1.35 bits per heavy atom. The number of carboxylic acids is 1. The average molecular weight is 357 g/mol. The molecule has 0 amide bonds. The normalized spacial score (nSPS) is 11.2. The second-order valence-corrected chi connectivity index (χ2v) is 5.45. The van der Waals surface area contributed by atoms with Crippen LogP contribution in [0.1, 0.15) is 21.5 Å². The van der Waals surface area contributed by atoms with Crippen LogP contribution in [0.25, 0.3) is 6.08 Å². The quantitative estimate of drug-likeness (QED) is 0.569. The van der Waals surface area contributed by atoms with E-state index in [1.54, 1.807) is 18.2 Å². The lowest BCUT2D eigenvalue weighted by atomic mass is 10.1. The van der Waals surface area contributed by atoms with E-state index in [-0.39, 0.29) is 17.9 Å². The van der Waals surface area contributed by atoms with Gasteiger partial charge in [-0.15, -0.1) is 6.42 Å². The van der Waals surface area contributed by atoms with Crippen molar-refractivity contribution in [1.29, 1.82) is 0 Å². The number of rotatable bonds is 7. The zero-order valence-corrected chi connectivity index (χ0v) is 14.0. The molecule has 0 aliphatic rings. The van der Waals surface area contributed by atoms with Crippen molar-refractivity contribution in [3.05, 3.63) is 65.2 Å². The molecular weight excluding hydrogens is 340 g/mol. The Balaban J connectivity index is 2.19. The fourth-order valence-electron chi connectivity index (χ4n) is 2.20. The Labute approximate surface area is 150 Å². The van der Waals surface area contributed by atoms with Crippen molar-refractivity contribution in [2.75, 3.05) is 11.9 Å². The van der Waals surface area contributed by atoms with Crippen LogP contribution in [-0.4, -0.2) is 23.7 Å². The van der Waals surface area contributed by atoms with Gasteiger partial charge in [-0.1, -0.05) is 36.3 Å². The molecule has 0 aliphatic heterocycles. The molecule has 0 saturated heterocycles. The third-order valence-electron chi connectivity index (χ3n) is 3.47. The van der Waals surface area contributed by atoms with Crippen molar-refractivity contribution in [2.24, 2.45) is 0 Å². The third-order valence-corrected chi connectivity index (χ3v) is 3.47. The van der Waals surface area contributed by atoms with E-state index in [1.165, 1.54) is 30.3 Å². The van der Waals surface area contributed by atoms with Crippen molar-refractivity contribution in [3.8, 4) is 18.1 Å². The van der Waals surface area contributed by atoms with E-state index in [0.29, 0.717) is 17.4 Å². The van der Waals surface area contributed by atoms with E-state index < -0.39 is 12.0 Å². The number of carboxylic acid groups (broad SMARTS) is 1. The van der Waals surface area contributed by atoms with Crippen LogP contribution in [0.2, 0.25) is 0 Å². The van der Waals surface area contributed by atoms with Gasteiger partial charge in [0.1, 0.15) is 12.4 Å². The molecule has 2 aromatic rings. The minimum Gasteiger partial charge on any atom is -0.481 e. The minimum atomic E-state index is -3.45. The van der Waals surface area contributed by atoms with Crippen LogP contribution >= 0.6 is 0 Å². The highest BCUT2D eigenvalue weighted by Crippen LogP contribution is 2.25. The molecule has 0 spiro atoms. The number of aromatic carboxylic acids is 1. The predicted molar refractivity (Wildman–Crippen MR) is 96.5 cm³/mol. The van der Waals surface area contributed by atoms with E-state index in [2.05, 4.69) is 5.92 Å². The fraction of sp³-hybridized carbons (Fsp3) is 0.150. The highest BCUT2D eigenvalue weighted by Gasteiger charge is 2.26. The maximum atomic E-state index is 14.2. The van der Waals surface area contributed by atoms with E-state index in [1.807, 2.05) is 12.2 Å². The maximum Gasteiger partial charge on any atom is 0.343 e. The Kier molecular flexibility index (Phi) is 5.97. The number of carbonyl (C=O) groups is 1. The first-order chi connectivity index (χ1) is 12.3. The second kappa shape index (κ2) is 8.17. The number of hydrogen-bond acceptors (Lipinski definition) is 3. The number of aryl methyl sites for hydroxylation is 1. The van der Waals surface area contributed by atoms with E-state index in [4.69, 9.17) is 16.3 Å².